The molecule has 0 saturated carbocycles. The predicted molar refractivity (Wildman–Crippen MR) is 64.8 cm³/mol. The van der Waals surface area contributed by atoms with Gasteiger partial charge >= 0.3 is 0 Å². The first-order chi connectivity index (χ1) is 8.31. The van der Waals surface area contributed by atoms with E-state index in [4.69, 9.17) is 16.1 Å². The number of halogens is 1. The number of nitrogens with zero attached hydrogens (tertiary/aromatic N) is 2. The molecule has 17 heavy (non-hydrogen) atoms. The molecule has 0 spiro atoms. The summed E-state index contributed by atoms with van der Waals surface area (Å²) in [5.74, 6) is 1.95. The molecule has 5 heteroatoms. The molecular formula is C12H12ClN3O. The highest BCUT2D eigenvalue weighted by Crippen LogP contribution is 2.21. The summed E-state index contributed by atoms with van der Waals surface area (Å²) in [5.41, 5.74) is 0.864. The van der Waals surface area contributed by atoms with Crippen LogP contribution in [0.5, 0.6) is 0 Å². The minimum absolute atomic E-state index is 0.537. The van der Waals surface area contributed by atoms with Crippen molar-refractivity contribution in [1.82, 2.24) is 15.5 Å². The van der Waals surface area contributed by atoms with E-state index in [1.165, 1.54) is 0 Å². The standard InChI is InChI=1S/C12H12ClN3O/c13-10-3-1-2-9(5-10)12-15-11(16-17-12)4-8-6-14-7-8/h1-3,5,8,14H,4,6-7H2. The molecule has 0 amide bonds. The Morgan fingerprint density at radius 3 is 3.00 bits per heavy atom. The van der Waals surface area contributed by atoms with Crippen LogP contribution < -0.4 is 5.32 Å². The molecule has 1 fully saturated rings. The van der Waals surface area contributed by atoms with Crippen LogP contribution in [0, 0.1) is 5.92 Å². The summed E-state index contributed by atoms with van der Waals surface area (Å²) in [7, 11) is 0. The van der Waals surface area contributed by atoms with Gasteiger partial charge in [-0.25, -0.2) is 0 Å². The van der Waals surface area contributed by atoms with E-state index in [9.17, 15) is 0 Å². The number of nitrogens with one attached hydrogen (secondary N) is 1. The lowest BCUT2D eigenvalue weighted by Crippen LogP contribution is -2.43. The second-order valence-corrected chi connectivity index (χ2v) is 4.69. The SMILES string of the molecule is Clc1cccc(-c2nc(CC3CNC3)no2)c1. The van der Waals surface area contributed by atoms with Crippen molar-refractivity contribution >= 4 is 11.6 Å². The summed E-state index contributed by atoms with van der Waals surface area (Å²) in [6.07, 6.45) is 0.872. The summed E-state index contributed by atoms with van der Waals surface area (Å²) < 4.78 is 5.24. The quantitative estimate of drug-likeness (QED) is 0.906. The Morgan fingerprint density at radius 1 is 1.41 bits per heavy atom. The molecule has 0 aliphatic carbocycles. The molecule has 1 aromatic carbocycles. The molecule has 4 nitrogen and oxygen atoms in total. The molecule has 2 heterocycles. The summed E-state index contributed by atoms with van der Waals surface area (Å²) in [5, 5.41) is 7.88. The number of benzene rings is 1. The smallest absolute Gasteiger partial charge is 0.257 e. The third kappa shape index (κ3) is 2.33. The van der Waals surface area contributed by atoms with Crippen LogP contribution in [0.3, 0.4) is 0 Å². The third-order valence-electron chi connectivity index (χ3n) is 2.88. The largest absolute Gasteiger partial charge is 0.334 e. The highest BCUT2D eigenvalue weighted by molar-refractivity contribution is 6.30. The molecule has 3 rings (SSSR count). The van der Waals surface area contributed by atoms with Gasteiger partial charge in [-0.3, -0.25) is 0 Å². The van der Waals surface area contributed by atoms with Crippen LogP contribution in [0.4, 0.5) is 0 Å². The lowest BCUT2D eigenvalue weighted by atomic mass is 9.99. The molecule has 0 bridgehead atoms. The lowest BCUT2D eigenvalue weighted by Gasteiger charge is -2.25. The summed E-state index contributed by atoms with van der Waals surface area (Å²) in [6.45, 7) is 2.09. The third-order valence-corrected chi connectivity index (χ3v) is 3.11. The maximum Gasteiger partial charge on any atom is 0.257 e. The van der Waals surface area contributed by atoms with Crippen molar-refractivity contribution in [2.45, 2.75) is 6.42 Å². The molecular weight excluding hydrogens is 238 g/mol. The van der Waals surface area contributed by atoms with E-state index in [-0.39, 0.29) is 0 Å². The van der Waals surface area contributed by atoms with Crippen LogP contribution in [0.2, 0.25) is 5.02 Å². The Labute approximate surface area is 104 Å². The van der Waals surface area contributed by atoms with E-state index >= 15 is 0 Å². The molecule has 0 radical (unpaired) electrons. The van der Waals surface area contributed by atoms with Gasteiger partial charge in [0.15, 0.2) is 5.82 Å². The van der Waals surface area contributed by atoms with E-state index in [1.807, 2.05) is 24.3 Å². The molecule has 1 aromatic heterocycles. The summed E-state index contributed by atoms with van der Waals surface area (Å²) >= 11 is 5.92. The summed E-state index contributed by atoms with van der Waals surface area (Å²) in [4.78, 5) is 4.38. The molecule has 1 aliphatic heterocycles. The normalized spacial score (nSPS) is 15.8. The molecule has 2 aromatic rings. The van der Waals surface area contributed by atoms with Crippen molar-refractivity contribution in [3.8, 4) is 11.5 Å². The van der Waals surface area contributed by atoms with Gasteiger partial charge in [-0.05, 0) is 37.2 Å². The Bertz CT molecular complexity index is 522. The van der Waals surface area contributed by atoms with Gasteiger partial charge in [0, 0.05) is 17.0 Å². The van der Waals surface area contributed by atoms with Gasteiger partial charge in [-0.2, -0.15) is 4.98 Å². The van der Waals surface area contributed by atoms with E-state index in [0.717, 1.165) is 30.9 Å². The zero-order chi connectivity index (χ0) is 11.7. The van der Waals surface area contributed by atoms with E-state index < -0.39 is 0 Å². The highest BCUT2D eigenvalue weighted by atomic mass is 35.5. The Kier molecular flexibility index (Phi) is 2.82. The zero-order valence-corrected chi connectivity index (χ0v) is 9.94. The van der Waals surface area contributed by atoms with Crippen LogP contribution in [0.25, 0.3) is 11.5 Å². The predicted octanol–water partition coefficient (Wildman–Crippen LogP) is 2.15. The molecule has 1 N–H and O–H groups in total. The minimum atomic E-state index is 0.537. The molecule has 0 unspecified atom stereocenters. The monoisotopic (exact) mass is 249 g/mol. The molecule has 0 atom stereocenters. The van der Waals surface area contributed by atoms with Crippen molar-refractivity contribution in [2.24, 2.45) is 5.92 Å². The number of hydrogen-bond acceptors (Lipinski definition) is 4. The van der Waals surface area contributed by atoms with Gasteiger partial charge in [0.05, 0.1) is 0 Å². The topological polar surface area (TPSA) is 51.0 Å². The van der Waals surface area contributed by atoms with Gasteiger partial charge in [0.1, 0.15) is 0 Å². The fourth-order valence-corrected chi connectivity index (χ4v) is 2.02. The second kappa shape index (κ2) is 4.47. The van der Waals surface area contributed by atoms with Crippen molar-refractivity contribution in [3.63, 3.8) is 0 Å². The average molecular weight is 250 g/mol. The second-order valence-electron chi connectivity index (χ2n) is 4.25. The fourth-order valence-electron chi connectivity index (χ4n) is 1.83. The minimum Gasteiger partial charge on any atom is -0.334 e. The fraction of sp³-hybridized carbons (Fsp3) is 0.333. The maximum absolute atomic E-state index is 5.92. The van der Waals surface area contributed by atoms with Crippen molar-refractivity contribution in [1.29, 1.82) is 0 Å². The van der Waals surface area contributed by atoms with Gasteiger partial charge < -0.3 is 9.84 Å². The Hall–Kier alpha value is -1.39. The van der Waals surface area contributed by atoms with Crippen LogP contribution in [0.15, 0.2) is 28.8 Å². The zero-order valence-electron chi connectivity index (χ0n) is 9.19. The molecule has 88 valence electrons. The van der Waals surface area contributed by atoms with Gasteiger partial charge in [0.25, 0.3) is 5.89 Å². The molecule has 1 saturated heterocycles. The first kappa shape index (κ1) is 10.7. The lowest BCUT2D eigenvalue weighted by molar-refractivity contribution is 0.333. The van der Waals surface area contributed by atoms with Crippen LogP contribution in [0.1, 0.15) is 5.82 Å². The van der Waals surface area contributed by atoms with Crippen molar-refractivity contribution in [2.75, 3.05) is 13.1 Å². The highest BCUT2D eigenvalue weighted by Gasteiger charge is 2.20. The Morgan fingerprint density at radius 2 is 2.29 bits per heavy atom. The van der Waals surface area contributed by atoms with Gasteiger partial charge in [-0.1, -0.05) is 22.8 Å². The Balaban J connectivity index is 1.79. The van der Waals surface area contributed by atoms with E-state index in [0.29, 0.717) is 16.8 Å². The van der Waals surface area contributed by atoms with Gasteiger partial charge in [-0.15, -0.1) is 0 Å². The van der Waals surface area contributed by atoms with Crippen LogP contribution in [-0.4, -0.2) is 23.2 Å². The van der Waals surface area contributed by atoms with Gasteiger partial charge in [0.2, 0.25) is 0 Å². The van der Waals surface area contributed by atoms with Crippen molar-refractivity contribution in [3.05, 3.63) is 35.1 Å². The number of hydrogen-bond donors (Lipinski definition) is 1. The average Bonchev–Trinajstić information content (AvgIpc) is 2.72. The van der Waals surface area contributed by atoms with Crippen molar-refractivity contribution < 1.29 is 4.52 Å². The first-order valence-electron chi connectivity index (χ1n) is 5.60. The van der Waals surface area contributed by atoms with E-state index in [1.54, 1.807) is 0 Å². The number of aromatic nitrogens is 2. The van der Waals surface area contributed by atoms with Crippen LogP contribution >= 0.6 is 11.6 Å². The van der Waals surface area contributed by atoms with E-state index in [2.05, 4.69) is 15.5 Å². The first-order valence-corrected chi connectivity index (χ1v) is 5.98. The van der Waals surface area contributed by atoms with Crippen LogP contribution in [-0.2, 0) is 6.42 Å². The number of rotatable bonds is 3. The maximum atomic E-state index is 5.92. The summed E-state index contributed by atoms with van der Waals surface area (Å²) in [6, 6.07) is 7.43. The molecule has 1 aliphatic rings.